The third kappa shape index (κ3) is 4.12. The summed E-state index contributed by atoms with van der Waals surface area (Å²) in [7, 11) is -3.96. The van der Waals surface area contributed by atoms with Gasteiger partial charge in [0.2, 0.25) is 0 Å². The Bertz CT molecular complexity index is 1030. The molecule has 2 aromatic rings. The number of benzene rings is 2. The molecule has 2 aromatic carbocycles. The van der Waals surface area contributed by atoms with Crippen LogP contribution in [-0.4, -0.2) is 14.3 Å². The second-order valence-corrected chi connectivity index (χ2v) is 9.87. The van der Waals surface area contributed by atoms with Crippen LogP contribution in [0.25, 0.3) is 0 Å². The van der Waals surface area contributed by atoms with Crippen molar-refractivity contribution in [3.8, 4) is 0 Å². The standard InChI is InChI=1S/C21H21Cl2NO3S/c1-14-8-10-17(20(25)24-28(26,27)16-6-4-3-5-7-16)21(2,13-14)15-9-11-18(22)19(23)12-15/h3-7,9-12,14H,8,13H2,1-2H3,(H,24,25). The van der Waals surface area contributed by atoms with Crippen molar-refractivity contribution in [3.05, 3.63) is 75.8 Å². The number of hydrogen-bond acceptors (Lipinski definition) is 3. The van der Waals surface area contributed by atoms with Gasteiger partial charge in [0.1, 0.15) is 0 Å². The van der Waals surface area contributed by atoms with Crippen LogP contribution >= 0.6 is 23.2 Å². The molecule has 0 fully saturated rings. The van der Waals surface area contributed by atoms with Crippen LogP contribution in [0.5, 0.6) is 0 Å². The van der Waals surface area contributed by atoms with Gasteiger partial charge >= 0.3 is 0 Å². The summed E-state index contributed by atoms with van der Waals surface area (Å²) < 4.78 is 27.4. The van der Waals surface area contributed by atoms with E-state index in [2.05, 4.69) is 11.6 Å². The molecule has 28 heavy (non-hydrogen) atoms. The van der Waals surface area contributed by atoms with E-state index in [4.69, 9.17) is 23.2 Å². The molecule has 1 amide bonds. The number of amides is 1. The van der Waals surface area contributed by atoms with E-state index in [9.17, 15) is 13.2 Å². The van der Waals surface area contributed by atoms with Gasteiger partial charge in [-0.25, -0.2) is 13.1 Å². The number of hydrogen-bond donors (Lipinski definition) is 1. The van der Waals surface area contributed by atoms with Gasteiger partial charge in [-0.1, -0.05) is 67.4 Å². The van der Waals surface area contributed by atoms with Crippen LogP contribution in [0.15, 0.2) is 65.1 Å². The van der Waals surface area contributed by atoms with Crippen molar-refractivity contribution >= 4 is 39.1 Å². The SMILES string of the molecule is CC1CC=C(C(=O)NS(=O)(=O)c2ccccc2)C(C)(c2ccc(Cl)c(Cl)c2)C1. The number of halogens is 2. The zero-order valence-electron chi connectivity index (χ0n) is 15.6. The maximum absolute atomic E-state index is 13.0. The van der Waals surface area contributed by atoms with E-state index < -0.39 is 21.3 Å². The molecular weight excluding hydrogens is 417 g/mol. The van der Waals surface area contributed by atoms with Crippen LogP contribution in [0.3, 0.4) is 0 Å². The highest BCUT2D eigenvalue weighted by Crippen LogP contribution is 2.44. The second-order valence-electron chi connectivity index (χ2n) is 7.37. The van der Waals surface area contributed by atoms with Gasteiger partial charge < -0.3 is 0 Å². The molecular formula is C21H21Cl2NO3S. The van der Waals surface area contributed by atoms with Crippen LogP contribution in [0, 0.1) is 5.92 Å². The molecule has 0 radical (unpaired) electrons. The lowest BCUT2D eigenvalue weighted by molar-refractivity contribution is -0.116. The molecule has 2 atom stereocenters. The molecule has 1 aliphatic rings. The summed E-state index contributed by atoms with van der Waals surface area (Å²) >= 11 is 12.2. The van der Waals surface area contributed by atoms with Crippen molar-refractivity contribution in [2.45, 2.75) is 37.0 Å². The first-order chi connectivity index (χ1) is 13.1. The topological polar surface area (TPSA) is 63.2 Å². The Hall–Kier alpha value is -1.82. The molecule has 0 aliphatic heterocycles. The lowest BCUT2D eigenvalue weighted by atomic mass is 9.66. The molecule has 7 heteroatoms. The normalized spacial score (nSPS) is 22.4. The highest BCUT2D eigenvalue weighted by Gasteiger charge is 2.40. The summed E-state index contributed by atoms with van der Waals surface area (Å²) in [5.74, 6) is -0.286. The highest BCUT2D eigenvalue weighted by atomic mass is 35.5. The fourth-order valence-corrected chi connectivity index (χ4v) is 5.01. The van der Waals surface area contributed by atoms with Gasteiger partial charge in [0.25, 0.3) is 15.9 Å². The van der Waals surface area contributed by atoms with Gasteiger partial charge in [-0.05, 0) is 48.6 Å². The van der Waals surface area contributed by atoms with Crippen LogP contribution in [0.1, 0.15) is 32.3 Å². The minimum absolute atomic E-state index is 0.0457. The third-order valence-corrected chi connectivity index (χ3v) is 7.24. The number of allylic oxidation sites excluding steroid dienone is 1. The first-order valence-corrected chi connectivity index (χ1v) is 11.2. The summed E-state index contributed by atoms with van der Waals surface area (Å²) in [6.07, 6.45) is 3.22. The number of nitrogens with one attached hydrogen (secondary N) is 1. The predicted molar refractivity (Wildman–Crippen MR) is 112 cm³/mol. The molecule has 1 N–H and O–H groups in total. The van der Waals surface area contributed by atoms with E-state index in [1.54, 1.807) is 30.3 Å². The van der Waals surface area contributed by atoms with Crippen molar-refractivity contribution in [3.63, 3.8) is 0 Å². The Labute approximate surface area is 175 Å². The zero-order valence-corrected chi connectivity index (χ0v) is 17.9. The van der Waals surface area contributed by atoms with Gasteiger partial charge in [0.05, 0.1) is 14.9 Å². The van der Waals surface area contributed by atoms with E-state index in [0.717, 1.165) is 5.56 Å². The largest absolute Gasteiger partial charge is 0.269 e. The highest BCUT2D eigenvalue weighted by molar-refractivity contribution is 7.90. The summed E-state index contributed by atoms with van der Waals surface area (Å²) in [5, 5.41) is 0.829. The Morgan fingerprint density at radius 2 is 1.79 bits per heavy atom. The molecule has 1 aliphatic carbocycles. The molecule has 0 saturated heterocycles. The lowest BCUT2D eigenvalue weighted by Gasteiger charge is -2.38. The first kappa shape index (κ1) is 20.9. The van der Waals surface area contributed by atoms with E-state index in [1.807, 2.05) is 19.1 Å². The van der Waals surface area contributed by atoms with Gasteiger partial charge in [0.15, 0.2) is 0 Å². The smallest absolute Gasteiger partial charge is 0.264 e. The van der Waals surface area contributed by atoms with Crippen LogP contribution in [0.4, 0.5) is 0 Å². The molecule has 2 unspecified atom stereocenters. The molecule has 3 rings (SSSR count). The third-order valence-electron chi connectivity index (χ3n) is 5.16. The van der Waals surface area contributed by atoms with Gasteiger partial charge in [-0.15, -0.1) is 0 Å². The van der Waals surface area contributed by atoms with Gasteiger partial charge in [-0.2, -0.15) is 0 Å². The Balaban J connectivity index is 1.98. The van der Waals surface area contributed by atoms with E-state index in [1.165, 1.54) is 12.1 Å². The summed E-state index contributed by atoms with van der Waals surface area (Å²) in [6.45, 7) is 4.03. The quantitative estimate of drug-likeness (QED) is 0.722. The molecule has 0 spiro atoms. The van der Waals surface area contributed by atoms with Crippen molar-refractivity contribution in [2.75, 3.05) is 0 Å². The minimum Gasteiger partial charge on any atom is -0.269 e. The van der Waals surface area contributed by atoms with Crippen molar-refractivity contribution in [2.24, 2.45) is 5.92 Å². The van der Waals surface area contributed by atoms with Crippen molar-refractivity contribution in [1.29, 1.82) is 0 Å². The summed E-state index contributed by atoms with van der Waals surface area (Å²) in [6, 6.07) is 13.1. The predicted octanol–water partition coefficient (Wildman–Crippen LogP) is 5.11. The Morgan fingerprint density at radius 3 is 2.43 bits per heavy atom. The lowest BCUT2D eigenvalue weighted by Crippen LogP contribution is -2.41. The number of sulfonamides is 1. The molecule has 0 bridgehead atoms. The molecule has 0 aromatic heterocycles. The zero-order chi connectivity index (χ0) is 20.5. The maximum Gasteiger partial charge on any atom is 0.264 e. The second kappa shape index (κ2) is 7.90. The van der Waals surface area contributed by atoms with E-state index >= 15 is 0 Å². The average molecular weight is 438 g/mol. The number of rotatable bonds is 4. The van der Waals surface area contributed by atoms with Crippen LogP contribution in [-0.2, 0) is 20.2 Å². The fourth-order valence-electron chi connectivity index (χ4n) is 3.73. The molecule has 0 heterocycles. The van der Waals surface area contributed by atoms with Gasteiger partial charge in [-0.3, -0.25) is 4.79 Å². The Morgan fingerprint density at radius 1 is 1.11 bits per heavy atom. The summed E-state index contributed by atoms with van der Waals surface area (Å²) in [5.41, 5.74) is 0.567. The van der Waals surface area contributed by atoms with Crippen molar-refractivity contribution < 1.29 is 13.2 Å². The van der Waals surface area contributed by atoms with E-state index in [-0.39, 0.29) is 4.90 Å². The number of carbonyl (C=O) groups excluding carboxylic acids is 1. The Kier molecular flexibility index (Phi) is 5.89. The first-order valence-electron chi connectivity index (χ1n) is 8.92. The average Bonchev–Trinajstić information content (AvgIpc) is 2.64. The van der Waals surface area contributed by atoms with Crippen LogP contribution < -0.4 is 4.72 Å². The molecule has 4 nitrogen and oxygen atoms in total. The molecule has 148 valence electrons. The maximum atomic E-state index is 13.0. The monoisotopic (exact) mass is 437 g/mol. The van der Waals surface area contributed by atoms with Crippen LogP contribution in [0.2, 0.25) is 10.0 Å². The molecule has 0 saturated carbocycles. The summed E-state index contributed by atoms with van der Waals surface area (Å²) in [4.78, 5) is 13.1. The minimum atomic E-state index is -3.96. The number of carbonyl (C=O) groups is 1. The van der Waals surface area contributed by atoms with E-state index in [0.29, 0.717) is 34.4 Å². The van der Waals surface area contributed by atoms with Crippen molar-refractivity contribution in [1.82, 2.24) is 4.72 Å². The van der Waals surface area contributed by atoms with Gasteiger partial charge in [0, 0.05) is 11.0 Å². The fraction of sp³-hybridized carbons (Fsp3) is 0.286.